The standard InChI is InChI=1S/C8H18N2O3/c11-2-4-13-3-1-10-7-5-9-6-8(7)12/h7-12H,1-6H2/t7-,8-/m1/s1. The number of hydrogen-bond acceptors (Lipinski definition) is 5. The van der Waals surface area contributed by atoms with Crippen molar-refractivity contribution < 1.29 is 14.9 Å². The first-order valence-corrected chi connectivity index (χ1v) is 4.65. The van der Waals surface area contributed by atoms with Crippen molar-refractivity contribution in [3.8, 4) is 0 Å². The van der Waals surface area contributed by atoms with Crippen LogP contribution in [0.1, 0.15) is 0 Å². The molecular formula is C8H18N2O3. The van der Waals surface area contributed by atoms with Gasteiger partial charge in [0.05, 0.1) is 25.9 Å². The summed E-state index contributed by atoms with van der Waals surface area (Å²) in [5.74, 6) is 0. The second-order valence-electron chi connectivity index (χ2n) is 3.12. The summed E-state index contributed by atoms with van der Waals surface area (Å²) in [5.41, 5.74) is 0. The largest absolute Gasteiger partial charge is 0.394 e. The molecule has 0 amide bonds. The SMILES string of the molecule is OCCOCCN[C@@H]1CNC[C@H]1O. The van der Waals surface area contributed by atoms with Gasteiger partial charge in [0.2, 0.25) is 0 Å². The third-order valence-electron chi connectivity index (χ3n) is 2.07. The Morgan fingerprint density at radius 2 is 2.23 bits per heavy atom. The van der Waals surface area contributed by atoms with Gasteiger partial charge in [0.15, 0.2) is 0 Å². The zero-order chi connectivity index (χ0) is 9.52. The predicted octanol–water partition coefficient (Wildman–Crippen LogP) is -2.08. The number of ether oxygens (including phenoxy) is 1. The van der Waals surface area contributed by atoms with Crippen LogP contribution in [0.2, 0.25) is 0 Å². The van der Waals surface area contributed by atoms with E-state index >= 15 is 0 Å². The fourth-order valence-corrected chi connectivity index (χ4v) is 1.36. The molecule has 0 aromatic heterocycles. The summed E-state index contributed by atoms with van der Waals surface area (Å²) in [7, 11) is 0. The van der Waals surface area contributed by atoms with Gasteiger partial charge in [-0.15, -0.1) is 0 Å². The quantitative estimate of drug-likeness (QED) is 0.362. The van der Waals surface area contributed by atoms with Gasteiger partial charge in [-0.1, -0.05) is 0 Å². The molecule has 0 saturated carbocycles. The summed E-state index contributed by atoms with van der Waals surface area (Å²) < 4.78 is 5.06. The highest BCUT2D eigenvalue weighted by Gasteiger charge is 2.23. The lowest BCUT2D eigenvalue weighted by molar-refractivity contribution is 0.0885. The number of nitrogens with one attached hydrogen (secondary N) is 2. The lowest BCUT2D eigenvalue weighted by Gasteiger charge is -2.14. The van der Waals surface area contributed by atoms with E-state index in [1.165, 1.54) is 0 Å². The minimum Gasteiger partial charge on any atom is -0.394 e. The van der Waals surface area contributed by atoms with Gasteiger partial charge in [-0.3, -0.25) is 0 Å². The molecule has 0 aliphatic carbocycles. The van der Waals surface area contributed by atoms with Crippen LogP contribution in [-0.4, -0.2) is 61.8 Å². The van der Waals surface area contributed by atoms with Crippen LogP contribution in [-0.2, 0) is 4.74 Å². The predicted molar refractivity (Wildman–Crippen MR) is 48.6 cm³/mol. The van der Waals surface area contributed by atoms with Gasteiger partial charge in [0, 0.05) is 25.7 Å². The smallest absolute Gasteiger partial charge is 0.0829 e. The van der Waals surface area contributed by atoms with E-state index in [1.807, 2.05) is 0 Å². The van der Waals surface area contributed by atoms with Crippen molar-refractivity contribution >= 4 is 0 Å². The van der Waals surface area contributed by atoms with Crippen LogP contribution < -0.4 is 10.6 Å². The first-order valence-electron chi connectivity index (χ1n) is 4.65. The van der Waals surface area contributed by atoms with E-state index in [4.69, 9.17) is 9.84 Å². The molecular weight excluding hydrogens is 172 g/mol. The number of β-amino-alcohol motifs (C(OH)–C–C–N with tert-alkyl or cyclic N) is 1. The maximum Gasteiger partial charge on any atom is 0.0829 e. The number of rotatable bonds is 6. The Morgan fingerprint density at radius 3 is 2.85 bits per heavy atom. The van der Waals surface area contributed by atoms with Crippen molar-refractivity contribution in [1.29, 1.82) is 0 Å². The van der Waals surface area contributed by atoms with Crippen LogP contribution in [0.4, 0.5) is 0 Å². The van der Waals surface area contributed by atoms with Crippen molar-refractivity contribution in [2.75, 3.05) is 39.5 Å². The van der Waals surface area contributed by atoms with E-state index in [9.17, 15) is 5.11 Å². The Balaban J connectivity index is 1.93. The second kappa shape index (κ2) is 6.28. The van der Waals surface area contributed by atoms with Gasteiger partial charge >= 0.3 is 0 Å². The van der Waals surface area contributed by atoms with E-state index in [1.54, 1.807) is 0 Å². The Morgan fingerprint density at radius 1 is 1.38 bits per heavy atom. The lowest BCUT2D eigenvalue weighted by Crippen LogP contribution is -2.40. The van der Waals surface area contributed by atoms with Crippen LogP contribution in [0.25, 0.3) is 0 Å². The molecule has 0 unspecified atom stereocenters. The number of hydrogen-bond donors (Lipinski definition) is 4. The Kier molecular flexibility index (Phi) is 5.26. The van der Waals surface area contributed by atoms with E-state index in [0.717, 1.165) is 6.54 Å². The lowest BCUT2D eigenvalue weighted by atomic mass is 10.2. The minimum absolute atomic E-state index is 0.0631. The zero-order valence-corrected chi connectivity index (χ0v) is 7.70. The molecule has 5 heteroatoms. The number of aliphatic hydroxyl groups excluding tert-OH is 2. The topological polar surface area (TPSA) is 73.8 Å². The third kappa shape index (κ3) is 4.02. The summed E-state index contributed by atoms with van der Waals surface area (Å²) in [6.45, 7) is 3.20. The molecule has 1 heterocycles. The van der Waals surface area contributed by atoms with E-state index in [0.29, 0.717) is 26.3 Å². The van der Waals surface area contributed by atoms with Crippen LogP contribution >= 0.6 is 0 Å². The molecule has 1 saturated heterocycles. The number of aliphatic hydroxyl groups is 2. The van der Waals surface area contributed by atoms with Gasteiger partial charge in [0.25, 0.3) is 0 Å². The van der Waals surface area contributed by atoms with Crippen molar-refractivity contribution in [2.45, 2.75) is 12.1 Å². The average molecular weight is 190 g/mol. The van der Waals surface area contributed by atoms with Crippen LogP contribution in [0, 0.1) is 0 Å². The molecule has 4 N–H and O–H groups in total. The second-order valence-corrected chi connectivity index (χ2v) is 3.12. The average Bonchev–Trinajstić information content (AvgIpc) is 2.52. The maximum absolute atomic E-state index is 9.39. The van der Waals surface area contributed by atoms with Crippen molar-refractivity contribution in [2.24, 2.45) is 0 Å². The molecule has 2 atom stereocenters. The zero-order valence-electron chi connectivity index (χ0n) is 7.70. The van der Waals surface area contributed by atoms with Crippen LogP contribution in [0.5, 0.6) is 0 Å². The Bertz CT molecular complexity index is 135. The molecule has 13 heavy (non-hydrogen) atoms. The Labute approximate surface area is 78.1 Å². The Hall–Kier alpha value is -0.200. The van der Waals surface area contributed by atoms with Crippen molar-refractivity contribution in [1.82, 2.24) is 10.6 Å². The molecule has 0 bridgehead atoms. The molecule has 0 spiro atoms. The van der Waals surface area contributed by atoms with Gasteiger partial charge in [0.1, 0.15) is 0 Å². The van der Waals surface area contributed by atoms with E-state index < -0.39 is 0 Å². The fraction of sp³-hybridized carbons (Fsp3) is 1.00. The van der Waals surface area contributed by atoms with Gasteiger partial charge in [-0.2, -0.15) is 0 Å². The summed E-state index contributed by atoms with van der Waals surface area (Å²) in [6.07, 6.45) is -0.294. The normalized spacial score (nSPS) is 28.2. The summed E-state index contributed by atoms with van der Waals surface area (Å²) in [5, 5.41) is 24.1. The van der Waals surface area contributed by atoms with Crippen LogP contribution in [0.15, 0.2) is 0 Å². The molecule has 5 nitrogen and oxygen atoms in total. The highest BCUT2D eigenvalue weighted by Crippen LogP contribution is 1.97. The molecule has 0 radical (unpaired) electrons. The summed E-state index contributed by atoms with van der Waals surface area (Å²) in [6, 6.07) is 0.137. The molecule has 1 aliphatic heterocycles. The molecule has 1 aliphatic rings. The van der Waals surface area contributed by atoms with Gasteiger partial charge in [-0.05, 0) is 0 Å². The van der Waals surface area contributed by atoms with Gasteiger partial charge in [-0.25, -0.2) is 0 Å². The molecule has 0 aromatic rings. The molecule has 0 aromatic carbocycles. The fourth-order valence-electron chi connectivity index (χ4n) is 1.36. The van der Waals surface area contributed by atoms with E-state index in [2.05, 4.69) is 10.6 Å². The van der Waals surface area contributed by atoms with E-state index in [-0.39, 0.29) is 18.8 Å². The van der Waals surface area contributed by atoms with Crippen molar-refractivity contribution in [3.05, 3.63) is 0 Å². The highest BCUT2D eigenvalue weighted by molar-refractivity contribution is 4.85. The van der Waals surface area contributed by atoms with Gasteiger partial charge < -0.3 is 25.6 Å². The maximum atomic E-state index is 9.39. The third-order valence-corrected chi connectivity index (χ3v) is 2.07. The van der Waals surface area contributed by atoms with Crippen molar-refractivity contribution in [3.63, 3.8) is 0 Å². The monoisotopic (exact) mass is 190 g/mol. The van der Waals surface area contributed by atoms with Crippen LogP contribution in [0.3, 0.4) is 0 Å². The first-order chi connectivity index (χ1) is 6.34. The first kappa shape index (κ1) is 10.9. The molecule has 78 valence electrons. The molecule has 1 rings (SSSR count). The summed E-state index contributed by atoms with van der Waals surface area (Å²) in [4.78, 5) is 0. The minimum atomic E-state index is -0.294. The highest BCUT2D eigenvalue weighted by atomic mass is 16.5. The molecule has 1 fully saturated rings. The summed E-state index contributed by atoms with van der Waals surface area (Å²) >= 11 is 0.